The standard InChI is InChI=1S/C22H18N2O5/c25-20(19-10-13-4-1-2-6-18(13)29-19)23-14-7-8-16-17(11-14)22(27)24(21(16)26)12-15-5-3-9-28-15/h1-2,4,6-8,10-11,15H,3,5,9,12H2,(H,23,25)/t15-/m1/s1. The van der Waals surface area contributed by atoms with Crippen LogP contribution in [0.5, 0.6) is 0 Å². The van der Waals surface area contributed by atoms with Crippen LogP contribution >= 0.6 is 0 Å². The van der Waals surface area contributed by atoms with Gasteiger partial charge >= 0.3 is 0 Å². The molecule has 0 radical (unpaired) electrons. The quantitative estimate of drug-likeness (QED) is 0.689. The minimum atomic E-state index is -0.422. The number of hydrogen-bond acceptors (Lipinski definition) is 5. The predicted molar refractivity (Wildman–Crippen MR) is 105 cm³/mol. The minimum Gasteiger partial charge on any atom is -0.451 e. The normalized spacial score (nSPS) is 18.5. The lowest BCUT2D eigenvalue weighted by Crippen LogP contribution is -2.36. The van der Waals surface area contributed by atoms with Crippen LogP contribution in [0.25, 0.3) is 11.0 Å². The Labute approximate surface area is 166 Å². The van der Waals surface area contributed by atoms with Crippen molar-refractivity contribution in [2.24, 2.45) is 0 Å². The van der Waals surface area contributed by atoms with Gasteiger partial charge in [0.15, 0.2) is 5.76 Å². The largest absolute Gasteiger partial charge is 0.451 e. The molecule has 2 aromatic carbocycles. The van der Waals surface area contributed by atoms with Crippen molar-refractivity contribution in [1.82, 2.24) is 4.90 Å². The Kier molecular flexibility index (Phi) is 4.17. The van der Waals surface area contributed by atoms with Crippen molar-refractivity contribution in [3.05, 3.63) is 65.4 Å². The van der Waals surface area contributed by atoms with Gasteiger partial charge in [-0.05, 0) is 43.2 Å². The zero-order chi connectivity index (χ0) is 20.0. The van der Waals surface area contributed by atoms with Crippen LogP contribution in [-0.2, 0) is 4.74 Å². The number of hydrogen-bond donors (Lipinski definition) is 1. The van der Waals surface area contributed by atoms with Gasteiger partial charge in [-0.3, -0.25) is 19.3 Å². The molecule has 2 aliphatic rings. The van der Waals surface area contributed by atoms with Crippen molar-refractivity contribution in [1.29, 1.82) is 0 Å². The molecular formula is C22H18N2O5. The number of nitrogens with zero attached hydrogens (tertiary/aromatic N) is 1. The first-order valence-corrected chi connectivity index (χ1v) is 9.52. The summed E-state index contributed by atoms with van der Waals surface area (Å²) < 4.78 is 11.1. The molecule has 7 nitrogen and oxygen atoms in total. The Morgan fingerprint density at radius 3 is 2.69 bits per heavy atom. The van der Waals surface area contributed by atoms with Crippen LogP contribution in [0.2, 0.25) is 0 Å². The van der Waals surface area contributed by atoms with Crippen LogP contribution in [0.1, 0.15) is 44.1 Å². The van der Waals surface area contributed by atoms with Crippen molar-refractivity contribution < 1.29 is 23.5 Å². The van der Waals surface area contributed by atoms with E-state index in [1.54, 1.807) is 24.3 Å². The van der Waals surface area contributed by atoms with Crippen LogP contribution < -0.4 is 5.32 Å². The average Bonchev–Trinajstić information content (AvgIpc) is 3.44. The predicted octanol–water partition coefficient (Wildman–Crippen LogP) is 3.46. The number of carbonyl (C=O) groups excluding carboxylic acids is 3. The van der Waals surface area contributed by atoms with E-state index in [1.807, 2.05) is 18.2 Å². The molecule has 146 valence electrons. The minimum absolute atomic E-state index is 0.107. The fraction of sp³-hybridized carbons (Fsp3) is 0.227. The lowest BCUT2D eigenvalue weighted by molar-refractivity contribution is 0.0475. The fourth-order valence-corrected chi connectivity index (χ4v) is 3.81. The summed E-state index contributed by atoms with van der Waals surface area (Å²) in [5, 5.41) is 3.56. The van der Waals surface area contributed by atoms with Gasteiger partial charge in [-0.25, -0.2) is 0 Å². The Balaban J connectivity index is 1.36. The number of furan rings is 1. The smallest absolute Gasteiger partial charge is 0.291 e. The zero-order valence-electron chi connectivity index (χ0n) is 15.5. The lowest BCUT2D eigenvalue weighted by Gasteiger charge is -2.17. The molecule has 1 aromatic heterocycles. The Morgan fingerprint density at radius 2 is 1.90 bits per heavy atom. The zero-order valence-corrected chi connectivity index (χ0v) is 15.5. The van der Waals surface area contributed by atoms with Crippen LogP contribution in [0.15, 0.2) is 52.9 Å². The number of imide groups is 1. The Hall–Kier alpha value is -3.45. The van der Waals surface area contributed by atoms with E-state index >= 15 is 0 Å². The topological polar surface area (TPSA) is 88.9 Å². The highest BCUT2D eigenvalue weighted by Crippen LogP contribution is 2.28. The second kappa shape index (κ2) is 6.86. The molecule has 29 heavy (non-hydrogen) atoms. The van der Waals surface area contributed by atoms with E-state index < -0.39 is 5.91 Å². The molecule has 7 heteroatoms. The number of amides is 3. The second-order valence-corrected chi connectivity index (χ2v) is 7.22. The maximum Gasteiger partial charge on any atom is 0.291 e. The van der Waals surface area contributed by atoms with Crippen LogP contribution in [-0.4, -0.2) is 41.9 Å². The summed E-state index contributed by atoms with van der Waals surface area (Å²) in [6, 6.07) is 13.7. The summed E-state index contributed by atoms with van der Waals surface area (Å²) in [4.78, 5) is 39.1. The number of anilines is 1. The summed E-state index contributed by atoms with van der Waals surface area (Å²) in [7, 11) is 0. The highest BCUT2D eigenvalue weighted by atomic mass is 16.5. The molecule has 2 aliphatic heterocycles. The third kappa shape index (κ3) is 3.09. The number of fused-ring (bicyclic) bond motifs is 2. The molecule has 3 heterocycles. The van der Waals surface area contributed by atoms with Gasteiger partial charge in [-0.1, -0.05) is 18.2 Å². The summed E-state index contributed by atoms with van der Waals surface area (Å²) in [5.41, 5.74) is 1.68. The van der Waals surface area contributed by atoms with Crippen molar-refractivity contribution in [3.63, 3.8) is 0 Å². The average molecular weight is 390 g/mol. The van der Waals surface area contributed by atoms with E-state index in [4.69, 9.17) is 9.15 Å². The van der Waals surface area contributed by atoms with Crippen molar-refractivity contribution in [2.75, 3.05) is 18.5 Å². The van der Waals surface area contributed by atoms with Gasteiger partial charge in [-0.2, -0.15) is 0 Å². The molecule has 3 amide bonds. The van der Waals surface area contributed by atoms with E-state index in [0.29, 0.717) is 23.4 Å². The third-order valence-electron chi connectivity index (χ3n) is 5.29. The summed E-state index contributed by atoms with van der Waals surface area (Å²) in [6.07, 6.45) is 1.67. The van der Waals surface area contributed by atoms with Gasteiger partial charge in [-0.15, -0.1) is 0 Å². The maximum atomic E-state index is 12.7. The van der Waals surface area contributed by atoms with Gasteiger partial charge in [0.25, 0.3) is 17.7 Å². The van der Waals surface area contributed by atoms with Crippen LogP contribution in [0.4, 0.5) is 5.69 Å². The molecule has 0 saturated carbocycles. The number of benzene rings is 2. The summed E-state index contributed by atoms with van der Waals surface area (Å²) >= 11 is 0. The van der Waals surface area contributed by atoms with E-state index in [2.05, 4.69) is 5.32 Å². The summed E-state index contributed by atoms with van der Waals surface area (Å²) in [6.45, 7) is 0.916. The molecule has 0 spiro atoms. The molecule has 5 rings (SSSR count). The number of nitrogens with one attached hydrogen (secondary N) is 1. The number of rotatable bonds is 4. The third-order valence-corrected chi connectivity index (χ3v) is 5.29. The van der Waals surface area contributed by atoms with E-state index in [0.717, 1.165) is 18.2 Å². The monoisotopic (exact) mass is 390 g/mol. The van der Waals surface area contributed by atoms with E-state index in [9.17, 15) is 14.4 Å². The highest BCUT2D eigenvalue weighted by molar-refractivity contribution is 6.22. The van der Waals surface area contributed by atoms with E-state index in [-0.39, 0.29) is 35.8 Å². The Morgan fingerprint density at radius 1 is 1.07 bits per heavy atom. The van der Waals surface area contributed by atoms with Crippen LogP contribution in [0, 0.1) is 0 Å². The summed E-state index contributed by atoms with van der Waals surface area (Å²) in [5.74, 6) is -0.931. The number of ether oxygens (including phenoxy) is 1. The van der Waals surface area contributed by atoms with Gasteiger partial charge in [0.1, 0.15) is 5.58 Å². The van der Waals surface area contributed by atoms with Gasteiger partial charge in [0.2, 0.25) is 0 Å². The molecule has 0 unspecified atom stereocenters. The molecular weight excluding hydrogens is 372 g/mol. The molecule has 1 saturated heterocycles. The molecule has 1 fully saturated rings. The first kappa shape index (κ1) is 17.6. The molecule has 1 N–H and O–H groups in total. The van der Waals surface area contributed by atoms with Gasteiger partial charge < -0.3 is 14.5 Å². The van der Waals surface area contributed by atoms with Gasteiger partial charge in [0.05, 0.1) is 23.8 Å². The van der Waals surface area contributed by atoms with Gasteiger partial charge in [0, 0.05) is 17.7 Å². The van der Waals surface area contributed by atoms with Crippen molar-refractivity contribution in [3.8, 4) is 0 Å². The van der Waals surface area contributed by atoms with Crippen molar-refractivity contribution in [2.45, 2.75) is 18.9 Å². The first-order chi connectivity index (χ1) is 14.1. The number of para-hydroxylation sites is 1. The lowest BCUT2D eigenvalue weighted by atomic mass is 10.1. The fourth-order valence-electron chi connectivity index (χ4n) is 3.81. The Bertz CT molecular complexity index is 1110. The SMILES string of the molecule is O=C(Nc1ccc2c(c1)C(=O)N(C[C@H]1CCCO1)C2=O)c1cc2ccccc2o1. The van der Waals surface area contributed by atoms with E-state index in [1.165, 1.54) is 11.0 Å². The maximum absolute atomic E-state index is 12.7. The van der Waals surface area contributed by atoms with Crippen molar-refractivity contribution >= 4 is 34.4 Å². The van der Waals surface area contributed by atoms with Crippen LogP contribution in [0.3, 0.4) is 0 Å². The first-order valence-electron chi connectivity index (χ1n) is 9.52. The molecule has 1 atom stereocenters. The molecule has 0 aliphatic carbocycles. The second-order valence-electron chi connectivity index (χ2n) is 7.22. The molecule has 0 bridgehead atoms. The highest BCUT2D eigenvalue weighted by Gasteiger charge is 2.37. The molecule has 3 aromatic rings. The number of carbonyl (C=O) groups is 3.